The maximum absolute atomic E-state index is 11.3. The summed E-state index contributed by atoms with van der Waals surface area (Å²) in [5.41, 5.74) is 2.07. The Kier molecular flexibility index (Phi) is 7.87. The largest absolute Gasteiger partial charge is 0.497 e. The van der Waals surface area contributed by atoms with E-state index in [4.69, 9.17) is 9.47 Å². The number of methoxy groups -OCH3 is 1. The molecule has 0 atom stereocenters. The van der Waals surface area contributed by atoms with Crippen LogP contribution in [0.2, 0.25) is 0 Å². The molecule has 1 heterocycles. The average Bonchev–Trinajstić information content (AvgIpc) is 2.83. The summed E-state index contributed by atoms with van der Waals surface area (Å²) in [7, 11) is 1.66. The van der Waals surface area contributed by atoms with Gasteiger partial charge < -0.3 is 19.5 Å². The molecular formula is C26H31N3O4. The van der Waals surface area contributed by atoms with Crippen molar-refractivity contribution in [1.29, 1.82) is 0 Å². The van der Waals surface area contributed by atoms with Gasteiger partial charge in [-0.25, -0.2) is 14.8 Å². The van der Waals surface area contributed by atoms with Crippen LogP contribution in [-0.2, 0) is 24.2 Å². The number of rotatable bonds is 11. The van der Waals surface area contributed by atoms with Gasteiger partial charge in [-0.3, -0.25) is 0 Å². The van der Waals surface area contributed by atoms with E-state index in [0.29, 0.717) is 18.2 Å². The first-order chi connectivity index (χ1) is 15.8. The molecule has 1 aromatic heterocycles. The molecule has 0 aliphatic heterocycles. The van der Waals surface area contributed by atoms with Crippen LogP contribution < -0.4 is 14.4 Å². The Hall–Kier alpha value is -3.61. The van der Waals surface area contributed by atoms with Crippen molar-refractivity contribution in [1.82, 2.24) is 9.97 Å². The Balaban J connectivity index is 1.71. The lowest BCUT2D eigenvalue weighted by molar-refractivity contribution is -0.152. The molecule has 0 fully saturated rings. The lowest BCUT2D eigenvalue weighted by Gasteiger charge is -2.23. The fraction of sp³-hybridized carbons (Fsp3) is 0.346. The van der Waals surface area contributed by atoms with E-state index in [1.807, 2.05) is 48.8 Å². The van der Waals surface area contributed by atoms with Crippen molar-refractivity contribution in [3.05, 3.63) is 77.6 Å². The van der Waals surface area contributed by atoms with Crippen molar-refractivity contribution in [3.8, 4) is 11.5 Å². The first-order valence-electron chi connectivity index (χ1n) is 11.0. The molecule has 3 rings (SSSR count). The summed E-state index contributed by atoms with van der Waals surface area (Å²) in [6.45, 7) is 6.54. The van der Waals surface area contributed by atoms with Gasteiger partial charge in [0.05, 0.1) is 7.11 Å². The predicted molar refractivity (Wildman–Crippen MR) is 128 cm³/mol. The standard InChI is InChI=1S/C26H31N3O4/c1-5-19-16-27-25(28-17-19)29(18-21-8-10-22(32-4)11-9-21)15-14-20-6-12-23(13-7-20)33-26(2,3)24(30)31/h6-13,16-17H,5,14-15,18H2,1-4H3,(H,30,31). The van der Waals surface area contributed by atoms with Crippen molar-refractivity contribution in [2.45, 2.75) is 45.8 Å². The summed E-state index contributed by atoms with van der Waals surface area (Å²) in [5, 5.41) is 9.24. The number of aryl methyl sites for hydroxylation is 1. The number of benzene rings is 2. The van der Waals surface area contributed by atoms with Crippen molar-refractivity contribution in [3.63, 3.8) is 0 Å². The zero-order valence-corrected chi connectivity index (χ0v) is 19.6. The monoisotopic (exact) mass is 449 g/mol. The highest BCUT2D eigenvalue weighted by molar-refractivity contribution is 5.76. The molecule has 0 aliphatic rings. The molecule has 0 amide bonds. The van der Waals surface area contributed by atoms with Gasteiger partial charge in [0.1, 0.15) is 11.5 Å². The minimum atomic E-state index is -1.28. The zero-order chi connectivity index (χ0) is 23.8. The van der Waals surface area contributed by atoms with Crippen molar-refractivity contribution >= 4 is 11.9 Å². The molecule has 2 aromatic carbocycles. The molecule has 0 radical (unpaired) electrons. The van der Waals surface area contributed by atoms with Gasteiger partial charge in [-0.15, -0.1) is 0 Å². The average molecular weight is 450 g/mol. The number of aliphatic carboxylic acids is 1. The molecule has 7 heteroatoms. The van der Waals surface area contributed by atoms with Gasteiger partial charge in [0.2, 0.25) is 5.95 Å². The number of carbonyl (C=O) groups is 1. The second-order valence-corrected chi connectivity index (χ2v) is 8.33. The summed E-state index contributed by atoms with van der Waals surface area (Å²) >= 11 is 0. The van der Waals surface area contributed by atoms with Crippen molar-refractivity contribution in [2.75, 3.05) is 18.6 Å². The smallest absolute Gasteiger partial charge is 0.347 e. The van der Waals surface area contributed by atoms with E-state index in [9.17, 15) is 9.90 Å². The van der Waals surface area contributed by atoms with E-state index in [-0.39, 0.29) is 0 Å². The van der Waals surface area contributed by atoms with E-state index in [1.165, 1.54) is 13.8 Å². The van der Waals surface area contributed by atoms with Crippen LogP contribution in [0.4, 0.5) is 5.95 Å². The normalized spacial score (nSPS) is 11.2. The van der Waals surface area contributed by atoms with E-state index in [0.717, 1.165) is 41.8 Å². The molecule has 7 nitrogen and oxygen atoms in total. The maximum atomic E-state index is 11.3. The summed E-state index contributed by atoms with van der Waals surface area (Å²) in [6, 6.07) is 15.5. The van der Waals surface area contributed by atoms with Crippen molar-refractivity contribution in [2.24, 2.45) is 0 Å². The highest BCUT2D eigenvalue weighted by Gasteiger charge is 2.29. The van der Waals surface area contributed by atoms with Crippen LogP contribution >= 0.6 is 0 Å². The molecule has 0 saturated carbocycles. The van der Waals surface area contributed by atoms with Crippen LogP contribution in [0.15, 0.2) is 60.9 Å². The van der Waals surface area contributed by atoms with Gasteiger partial charge >= 0.3 is 5.97 Å². The fourth-order valence-corrected chi connectivity index (χ4v) is 3.22. The topological polar surface area (TPSA) is 84.8 Å². The Morgan fingerprint density at radius 1 is 0.939 bits per heavy atom. The molecule has 0 aliphatic carbocycles. The molecule has 174 valence electrons. The molecule has 0 unspecified atom stereocenters. The number of nitrogens with zero attached hydrogens (tertiary/aromatic N) is 3. The SMILES string of the molecule is CCc1cnc(N(CCc2ccc(OC(C)(C)C(=O)O)cc2)Cc2ccc(OC)cc2)nc1. The third-order valence-corrected chi connectivity index (χ3v) is 5.40. The highest BCUT2D eigenvalue weighted by Crippen LogP contribution is 2.21. The van der Waals surface area contributed by atoms with E-state index in [2.05, 4.69) is 21.8 Å². The number of hydrogen-bond donors (Lipinski definition) is 1. The number of carboxylic acids is 1. The number of hydrogen-bond acceptors (Lipinski definition) is 6. The second-order valence-electron chi connectivity index (χ2n) is 8.33. The van der Waals surface area contributed by atoms with Gasteiger partial charge in [0.25, 0.3) is 0 Å². The number of ether oxygens (including phenoxy) is 2. The van der Waals surface area contributed by atoms with Gasteiger partial charge in [-0.2, -0.15) is 0 Å². The second kappa shape index (κ2) is 10.8. The first kappa shape index (κ1) is 24.0. The fourth-order valence-electron chi connectivity index (χ4n) is 3.22. The Morgan fingerprint density at radius 2 is 1.52 bits per heavy atom. The van der Waals surface area contributed by atoms with Crippen LogP contribution in [0, 0.1) is 0 Å². The number of carboxylic acid groups (broad SMARTS) is 1. The van der Waals surface area contributed by atoms with Crippen LogP contribution in [0.5, 0.6) is 11.5 Å². The summed E-state index contributed by atoms with van der Waals surface area (Å²) < 4.78 is 10.9. The number of aromatic nitrogens is 2. The van der Waals surface area contributed by atoms with Crippen LogP contribution in [0.3, 0.4) is 0 Å². The molecule has 0 bridgehead atoms. The van der Waals surface area contributed by atoms with E-state index < -0.39 is 11.6 Å². The lowest BCUT2D eigenvalue weighted by atomic mass is 10.1. The van der Waals surface area contributed by atoms with E-state index in [1.54, 1.807) is 19.2 Å². The molecule has 3 aromatic rings. The maximum Gasteiger partial charge on any atom is 0.347 e. The van der Waals surface area contributed by atoms with Crippen LogP contribution in [0.25, 0.3) is 0 Å². The Bertz CT molecular complexity index is 1030. The Labute approximate surface area is 195 Å². The number of anilines is 1. The highest BCUT2D eigenvalue weighted by atomic mass is 16.5. The summed E-state index contributed by atoms with van der Waals surface area (Å²) in [5.74, 6) is 1.03. The minimum Gasteiger partial charge on any atom is -0.497 e. The first-order valence-corrected chi connectivity index (χ1v) is 11.0. The molecule has 0 saturated heterocycles. The third-order valence-electron chi connectivity index (χ3n) is 5.40. The molecule has 0 spiro atoms. The van der Waals surface area contributed by atoms with Crippen LogP contribution in [-0.4, -0.2) is 40.3 Å². The Morgan fingerprint density at radius 3 is 2.06 bits per heavy atom. The molecule has 1 N–H and O–H groups in total. The predicted octanol–water partition coefficient (Wildman–Crippen LogP) is 4.54. The molecule has 33 heavy (non-hydrogen) atoms. The van der Waals surface area contributed by atoms with Crippen molar-refractivity contribution < 1.29 is 19.4 Å². The summed E-state index contributed by atoms with van der Waals surface area (Å²) in [4.78, 5) is 22.6. The van der Waals surface area contributed by atoms with Gasteiger partial charge in [-0.1, -0.05) is 31.2 Å². The quantitative estimate of drug-likeness (QED) is 0.460. The van der Waals surface area contributed by atoms with Gasteiger partial charge in [0, 0.05) is 25.5 Å². The van der Waals surface area contributed by atoms with Crippen LogP contribution in [0.1, 0.15) is 37.5 Å². The molecular weight excluding hydrogens is 418 g/mol. The lowest BCUT2D eigenvalue weighted by Crippen LogP contribution is -2.37. The third kappa shape index (κ3) is 6.68. The summed E-state index contributed by atoms with van der Waals surface area (Å²) in [6.07, 6.45) is 5.42. The van der Waals surface area contributed by atoms with Gasteiger partial charge in [0.15, 0.2) is 5.60 Å². The van der Waals surface area contributed by atoms with Gasteiger partial charge in [-0.05, 0) is 67.6 Å². The minimum absolute atomic E-state index is 0.528. The zero-order valence-electron chi connectivity index (χ0n) is 19.6. The van der Waals surface area contributed by atoms with E-state index >= 15 is 0 Å².